The molecule has 2 heteroatoms. The first-order valence-corrected chi connectivity index (χ1v) is 4.48. The molecule has 0 saturated carbocycles. The van der Waals surface area contributed by atoms with Crippen molar-refractivity contribution in [1.29, 1.82) is 0 Å². The zero-order valence-electron chi connectivity index (χ0n) is 7.84. The maximum absolute atomic E-state index is 9.72. The van der Waals surface area contributed by atoms with Crippen molar-refractivity contribution in [3.63, 3.8) is 0 Å². The highest BCUT2D eigenvalue weighted by Crippen LogP contribution is 2.28. The van der Waals surface area contributed by atoms with Crippen LogP contribution in [0.1, 0.15) is 25.0 Å². The summed E-state index contributed by atoms with van der Waals surface area (Å²) in [7, 11) is 0. The average Bonchev–Trinajstić information content (AvgIpc) is 2.01. The molecule has 0 bridgehead atoms. The lowest BCUT2D eigenvalue weighted by atomic mass is 9.97. The molecule has 1 aromatic rings. The van der Waals surface area contributed by atoms with Crippen LogP contribution in [0.3, 0.4) is 0 Å². The number of aliphatic hydroxyl groups is 1. The van der Waals surface area contributed by atoms with Gasteiger partial charge in [0.05, 0.1) is 5.60 Å². The molecule has 0 fully saturated rings. The molecule has 1 N–H and O–H groups in total. The molecule has 0 radical (unpaired) electrons. The predicted molar refractivity (Wildman–Crippen MR) is 56.8 cm³/mol. The molecular formula is C11H13ClO. The van der Waals surface area contributed by atoms with Gasteiger partial charge >= 0.3 is 0 Å². The molecule has 70 valence electrons. The van der Waals surface area contributed by atoms with Gasteiger partial charge in [-0.25, -0.2) is 0 Å². The van der Waals surface area contributed by atoms with Crippen LogP contribution in [-0.2, 0) is 5.60 Å². The molecule has 0 spiro atoms. The average molecular weight is 197 g/mol. The molecule has 0 aromatic heterocycles. The van der Waals surface area contributed by atoms with E-state index in [0.717, 1.165) is 11.1 Å². The van der Waals surface area contributed by atoms with Crippen LogP contribution in [0.2, 0.25) is 5.02 Å². The van der Waals surface area contributed by atoms with E-state index in [1.807, 2.05) is 12.1 Å². The van der Waals surface area contributed by atoms with Crippen molar-refractivity contribution < 1.29 is 5.11 Å². The van der Waals surface area contributed by atoms with Crippen molar-refractivity contribution in [2.45, 2.75) is 19.4 Å². The van der Waals surface area contributed by atoms with Gasteiger partial charge in [-0.2, -0.15) is 0 Å². The van der Waals surface area contributed by atoms with E-state index >= 15 is 0 Å². The Balaban J connectivity index is 3.20. The van der Waals surface area contributed by atoms with Gasteiger partial charge in [0.1, 0.15) is 0 Å². The third-order valence-electron chi connectivity index (χ3n) is 1.89. The Bertz CT molecular complexity index is 323. The fraction of sp³-hybridized carbons (Fsp3) is 0.273. The van der Waals surface area contributed by atoms with E-state index in [9.17, 15) is 5.11 Å². The van der Waals surface area contributed by atoms with Gasteiger partial charge in [0, 0.05) is 10.6 Å². The highest BCUT2D eigenvalue weighted by Gasteiger charge is 2.18. The van der Waals surface area contributed by atoms with E-state index in [1.54, 1.807) is 26.0 Å². The Hall–Kier alpha value is -0.790. The van der Waals surface area contributed by atoms with Crippen molar-refractivity contribution in [3.05, 3.63) is 40.9 Å². The minimum absolute atomic E-state index is 0.574. The third kappa shape index (κ3) is 2.33. The van der Waals surface area contributed by atoms with Gasteiger partial charge in [-0.1, -0.05) is 36.4 Å². The second-order valence-corrected chi connectivity index (χ2v) is 3.91. The molecule has 1 aromatic carbocycles. The van der Waals surface area contributed by atoms with Crippen LogP contribution in [-0.4, -0.2) is 5.11 Å². The predicted octanol–water partition coefficient (Wildman–Crippen LogP) is 3.21. The molecule has 0 aliphatic rings. The van der Waals surface area contributed by atoms with Gasteiger partial charge in [-0.3, -0.25) is 0 Å². The SMILES string of the molecule is C=Cc1ccc(C(C)(C)O)c(Cl)c1. The van der Waals surface area contributed by atoms with E-state index in [1.165, 1.54) is 0 Å². The fourth-order valence-corrected chi connectivity index (χ4v) is 1.57. The largest absolute Gasteiger partial charge is 0.386 e. The van der Waals surface area contributed by atoms with Crippen LogP contribution < -0.4 is 0 Å². The molecule has 0 saturated heterocycles. The first kappa shape index (κ1) is 10.3. The Morgan fingerprint density at radius 2 is 2.08 bits per heavy atom. The minimum atomic E-state index is -0.892. The monoisotopic (exact) mass is 196 g/mol. The molecule has 0 unspecified atom stereocenters. The van der Waals surface area contributed by atoms with E-state index in [2.05, 4.69) is 6.58 Å². The highest BCUT2D eigenvalue weighted by molar-refractivity contribution is 6.31. The van der Waals surface area contributed by atoms with E-state index in [0.29, 0.717) is 5.02 Å². The summed E-state index contributed by atoms with van der Waals surface area (Å²) in [4.78, 5) is 0. The lowest BCUT2D eigenvalue weighted by molar-refractivity contribution is 0.0787. The molecule has 0 amide bonds. The molecule has 0 aliphatic carbocycles. The maximum Gasteiger partial charge on any atom is 0.0854 e. The van der Waals surface area contributed by atoms with Crippen molar-refractivity contribution in [2.24, 2.45) is 0 Å². The summed E-state index contributed by atoms with van der Waals surface area (Å²) >= 11 is 5.99. The van der Waals surface area contributed by atoms with E-state index in [-0.39, 0.29) is 0 Å². The van der Waals surface area contributed by atoms with Gasteiger partial charge in [0.15, 0.2) is 0 Å². The number of halogens is 1. The topological polar surface area (TPSA) is 20.2 Å². The van der Waals surface area contributed by atoms with Gasteiger partial charge < -0.3 is 5.11 Å². The molecule has 0 atom stereocenters. The maximum atomic E-state index is 9.72. The fourth-order valence-electron chi connectivity index (χ4n) is 1.15. The zero-order valence-corrected chi connectivity index (χ0v) is 8.60. The minimum Gasteiger partial charge on any atom is -0.386 e. The van der Waals surface area contributed by atoms with Gasteiger partial charge in [-0.05, 0) is 25.5 Å². The second-order valence-electron chi connectivity index (χ2n) is 3.50. The van der Waals surface area contributed by atoms with Crippen molar-refractivity contribution in [3.8, 4) is 0 Å². The molecule has 0 aliphatic heterocycles. The summed E-state index contributed by atoms with van der Waals surface area (Å²) in [5, 5.41) is 10.3. The first-order chi connectivity index (χ1) is 5.95. The summed E-state index contributed by atoms with van der Waals surface area (Å²) < 4.78 is 0. The van der Waals surface area contributed by atoms with Crippen molar-refractivity contribution in [1.82, 2.24) is 0 Å². The zero-order chi connectivity index (χ0) is 10.1. The van der Waals surface area contributed by atoms with Crippen LogP contribution in [0, 0.1) is 0 Å². The summed E-state index contributed by atoms with van der Waals surface area (Å²) in [6.07, 6.45) is 1.72. The molecule has 13 heavy (non-hydrogen) atoms. The summed E-state index contributed by atoms with van der Waals surface area (Å²) in [6.45, 7) is 7.06. The van der Waals surface area contributed by atoms with Gasteiger partial charge in [0.25, 0.3) is 0 Å². The lowest BCUT2D eigenvalue weighted by Gasteiger charge is -2.19. The van der Waals surface area contributed by atoms with Gasteiger partial charge in [0.2, 0.25) is 0 Å². The highest BCUT2D eigenvalue weighted by atomic mass is 35.5. The van der Waals surface area contributed by atoms with Crippen LogP contribution >= 0.6 is 11.6 Å². The normalized spacial score (nSPS) is 11.4. The van der Waals surface area contributed by atoms with E-state index in [4.69, 9.17) is 11.6 Å². The Morgan fingerprint density at radius 1 is 1.46 bits per heavy atom. The van der Waals surface area contributed by atoms with Crippen molar-refractivity contribution >= 4 is 17.7 Å². The molecule has 1 nitrogen and oxygen atoms in total. The Morgan fingerprint density at radius 3 is 2.46 bits per heavy atom. The summed E-state index contributed by atoms with van der Waals surface area (Å²) in [6, 6.07) is 5.49. The molecule has 0 heterocycles. The van der Waals surface area contributed by atoms with Gasteiger partial charge in [-0.15, -0.1) is 0 Å². The number of hydrogen-bond acceptors (Lipinski definition) is 1. The summed E-state index contributed by atoms with van der Waals surface area (Å²) in [5.41, 5.74) is 0.800. The standard InChI is InChI=1S/C11H13ClO/c1-4-8-5-6-9(10(12)7-8)11(2,3)13/h4-7,13H,1H2,2-3H3. The van der Waals surface area contributed by atoms with Crippen LogP contribution in [0.15, 0.2) is 24.8 Å². The Labute approximate surface area is 83.7 Å². The quantitative estimate of drug-likeness (QED) is 0.770. The lowest BCUT2D eigenvalue weighted by Crippen LogP contribution is -2.15. The third-order valence-corrected chi connectivity index (χ3v) is 2.20. The second kappa shape index (κ2) is 3.52. The van der Waals surface area contributed by atoms with Crippen LogP contribution in [0.25, 0.3) is 6.08 Å². The van der Waals surface area contributed by atoms with E-state index < -0.39 is 5.60 Å². The summed E-state index contributed by atoms with van der Waals surface area (Å²) in [5.74, 6) is 0. The number of rotatable bonds is 2. The number of benzene rings is 1. The first-order valence-electron chi connectivity index (χ1n) is 4.10. The molecular weight excluding hydrogens is 184 g/mol. The Kier molecular flexibility index (Phi) is 2.79. The molecule has 1 rings (SSSR count). The van der Waals surface area contributed by atoms with Crippen LogP contribution in [0.5, 0.6) is 0 Å². The van der Waals surface area contributed by atoms with Crippen LogP contribution in [0.4, 0.5) is 0 Å². The van der Waals surface area contributed by atoms with Crippen molar-refractivity contribution in [2.75, 3.05) is 0 Å². The smallest absolute Gasteiger partial charge is 0.0854 e. The number of hydrogen-bond donors (Lipinski definition) is 1.